The van der Waals surface area contributed by atoms with Crippen molar-refractivity contribution in [1.82, 2.24) is 14.9 Å². The summed E-state index contributed by atoms with van der Waals surface area (Å²) in [6.07, 6.45) is 9.23. The summed E-state index contributed by atoms with van der Waals surface area (Å²) in [5.41, 5.74) is 2.57. The van der Waals surface area contributed by atoms with Gasteiger partial charge in [-0.05, 0) is 43.5 Å². The summed E-state index contributed by atoms with van der Waals surface area (Å²) in [5, 5.41) is 21.5. The van der Waals surface area contributed by atoms with Gasteiger partial charge in [0.15, 0.2) is 5.82 Å². The van der Waals surface area contributed by atoms with Crippen LogP contribution in [0.5, 0.6) is 0 Å². The van der Waals surface area contributed by atoms with Crippen LogP contribution in [0, 0.1) is 6.92 Å². The van der Waals surface area contributed by atoms with Crippen LogP contribution in [0.15, 0.2) is 48.3 Å². The molecular formula is C26H32N4O3. The monoisotopic (exact) mass is 448 g/mol. The molecule has 0 bridgehead atoms. The molecule has 1 aromatic carbocycles. The average molecular weight is 449 g/mol. The molecule has 1 aliphatic carbocycles. The molecule has 1 atom stereocenters. The minimum Gasteiger partial charge on any atom is -0.507 e. The van der Waals surface area contributed by atoms with Gasteiger partial charge in [-0.3, -0.25) is 4.79 Å². The van der Waals surface area contributed by atoms with Gasteiger partial charge in [0.2, 0.25) is 5.91 Å². The van der Waals surface area contributed by atoms with Gasteiger partial charge < -0.3 is 20.0 Å². The van der Waals surface area contributed by atoms with Crippen LogP contribution in [-0.2, 0) is 4.79 Å². The number of allylic oxidation sites excluding steroid dienone is 5. The molecule has 33 heavy (non-hydrogen) atoms. The molecule has 2 N–H and O–H groups in total. The van der Waals surface area contributed by atoms with E-state index in [1.165, 1.54) is 0 Å². The van der Waals surface area contributed by atoms with Crippen LogP contribution in [-0.4, -0.2) is 63.3 Å². The Bertz CT molecular complexity index is 1110. The lowest BCUT2D eigenvalue weighted by atomic mass is 10.1. The highest BCUT2D eigenvalue weighted by molar-refractivity contribution is 5.92. The Morgan fingerprint density at radius 2 is 1.97 bits per heavy atom. The summed E-state index contributed by atoms with van der Waals surface area (Å²) >= 11 is 0. The van der Waals surface area contributed by atoms with Crippen molar-refractivity contribution in [1.29, 1.82) is 0 Å². The zero-order chi connectivity index (χ0) is 23.4. The van der Waals surface area contributed by atoms with Crippen LogP contribution in [0.25, 0.3) is 16.5 Å². The molecule has 1 amide bonds. The maximum atomic E-state index is 12.6. The van der Waals surface area contributed by atoms with Crippen LogP contribution >= 0.6 is 0 Å². The van der Waals surface area contributed by atoms with E-state index < -0.39 is 6.10 Å². The molecule has 0 radical (unpaired) electrons. The van der Waals surface area contributed by atoms with Gasteiger partial charge >= 0.3 is 0 Å². The molecule has 174 valence electrons. The summed E-state index contributed by atoms with van der Waals surface area (Å²) in [6, 6.07) is 6.13. The Morgan fingerprint density at radius 3 is 2.73 bits per heavy atom. The third-order valence-electron chi connectivity index (χ3n) is 6.16. The molecule has 1 fully saturated rings. The second kappa shape index (κ2) is 10.2. The SMILES string of the molecule is CCCC(O)CC(=O)N1CCN(c2nc(C3=CCC=CC=C3O)nc3cc(C)ccc23)CC1. The number of fused-ring (bicyclic) bond motifs is 1. The zero-order valence-electron chi connectivity index (χ0n) is 19.4. The molecule has 1 aliphatic heterocycles. The van der Waals surface area contributed by atoms with E-state index in [0.717, 1.165) is 28.7 Å². The number of carbonyl (C=O) groups excluding carboxylic acids is 1. The number of aliphatic hydroxyl groups is 2. The lowest BCUT2D eigenvalue weighted by Gasteiger charge is -2.36. The van der Waals surface area contributed by atoms with Crippen LogP contribution < -0.4 is 4.90 Å². The highest BCUT2D eigenvalue weighted by Gasteiger charge is 2.25. The van der Waals surface area contributed by atoms with Gasteiger partial charge in [-0.2, -0.15) is 0 Å². The number of carbonyl (C=O) groups is 1. The van der Waals surface area contributed by atoms with Crippen molar-refractivity contribution in [2.24, 2.45) is 0 Å². The Kier molecular flexibility index (Phi) is 7.08. The molecule has 7 heteroatoms. The predicted molar refractivity (Wildman–Crippen MR) is 131 cm³/mol. The summed E-state index contributed by atoms with van der Waals surface area (Å²) in [6.45, 7) is 6.51. The van der Waals surface area contributed by atoms with Crippen molar-refractivity contribution in [3.63, 3.8) is 0 Å². The van der Waals surface area contributed by atoms with Crippen LogP contribution in [0.3, 0.4) is 0 Å². The van der Waals surface area contributed by atoms with E-state index in [1.807, 2.05) is 49.1 Å². The number of benzene rings is 1. The largest absolute Gasteiger partial charge is 0.507 e. The van der Waals surface area contributed by atoms with Crippen LogP contribution in [0.4, 0.5) is 5.82 Å². The first kappa shape index (κ1) is 23.0. The molecule has 1 unspecified atom stereocenters. The molecule has 0 saturated carbocycles. The molecule has 2 aromatic rings. The van der Waals surface area contributed by atoms with Crippen LogP contribution in [0.1, 0.15) is 44.0 Å². The van der Waals surface area contributed by atoms with Gasteiger partial charge in [-0.25, -0.2) is 9.97 Å². The van der Waals surface area contributed by atoms with E-state index in [0.29, 0.717) is 50.4 Å². The van der Waals surface area contributed by atoms with Gasteiger partial charge in [-0.15, -0.1) is 0 Å². The lowest BCUT2D eigenvalue weighted by molar-refractivity contribution is -0.133. The second-order valence-corrected chi connectivity index (χ2v) is 8.74. The van der Waals surface area contributed by atoms with Gasteiger partial charge in [0, 0.05) is 31.6 Å². The van der Waals surface area contributed by atoms with Crippen LogP contribution in [0.2, 0.25) is 0 Å². The summed E-state index contributed by atoms with van der Waals surface area (Å²) < 4.78 is 0. The molecular weight excluding hydrogens is 416 g/mol. The summed E-state index contributed by atoms with van der Waals surface area (Å²) in [4.78, 5) is 26.3. The van der Waals surface area contributed by atoms with Crippen molar-refractivity contribution < 1.29 is 15.0 Å². The van der Waals surface area contributed by atoms with Gasteiger partial charge in [0.1, 0.15) is 11.6 Å². The molecule has 2 heterocycles. The first-order valence-electron chi connectivity index (χ1n) is 11.7. The number of amides is 1. The topological polar surface area (TPSA) is 89.8 Å². The normalized spacial score (nSPS) is 17.5. The third kappa shape index (κ3) is 5.25. The molecule has 1 aromatic heterocycles. The number of anilines is 1. The predicted octanol–water partition coefficient (Wildman–Crippen LogP) is 3.92. The van der Waals surface area contributed by atoms with Gasteiger partial charge in [-0.1, -0.05) is 37.6 Å². The standard InChI is InChI=1S/C26H32N4O3/c1-3-7-19(31)17-24(33)29-12-14-30(15-13-29)26-20-11-10-18(2)16-22(20)27-25(28-26)21-8-5-4-6-9-23(21)32/h4,6,8-11,16,19,31-32H,3,5,7,12-15,17H2,1-2H3. The second-order valence-electron chi connectivity index (χ2n) is 8.74. The quantitative estimate of drug-likeness (QED) is 0.696. The van der Waals surface area contributed by atoms with Gasteiger partial charge in [0.05, 0.1) is 23.6 Å². The van der Waals surface area contributed by atoms with E-state index in [1.54, 1.807) is 6.08 Å². The first-order chi connectivity index (χ1) is 16.0. The van der Waals surface area contributed by atoms with Gasteiger partial charge in [0.25, 0.3) is 0 Å². The molecule has 4 rings (SSSR count). The highest BCUT2D eigenvalue weighted by atomic mass is 16.3. The Hall–Kier alpha value is -3.19. The fourth-order valence-electron chi connectivity index (χ4n) is 4.34. The third-order valence-corrected chi connectivity index (χ3v) is 6.16. The number of aliphatic hydroxyl groups excluding tert-OH is 2. The number of aromatic nitrogens is 2. The van der Waals surface area contributed by atoms with E-state index in [4.69, 9.17) is 9.97 Å². The number of hydrogen-bond acceptors (Lipinski definition) is 6. The average Bonchev–Trinajstić information content (AvgIpc) is 3.02. The summed E-state index contributed by atoms with van der Waals surface area (Å²) in [5.74, 6) is 1.48. The summed E-state index contributed by atoms with van der Waals surface area (Å²) in [7, 11) is 0. The maximum absolute atomic E-state index is 12.6. The number of rotatable bonds is 6. The fourth-order valence-corrected chi connectivity index (χ4v) is 4.34. The minimum atomic E-state index is -0.569. The van der Waals surface area contributed by atoms with Crippen molar-refractivity contribution in [3.05, 3.63) is 59.7 Å². The Balaban J connectivity index is 1.60. The minimum absolute atomic E-state index is 0.00521. The smallest absolute Gasteiger partial charge is 0.225 e. The van der Waals surface area contributed by atoms with E-state index >= 15 is 0 Å². The highest BCUT2D eigenvalue weighted by Crippen LogP contribution is 2.30. The van der Waals surface area contributed by atoms with Crippen molar-refractivity contribution in [2.75, 3.05) is 31.1 Å². The number of piperazine rings is 1. The molecule has 1 saturated heterocycles. The van der Waals surface area contributed by atoms with Crippen molar-refractivity contribution in [2.45, 2.75) is 45.6 Å². The van der Waals surface area contributed by atoms with Crippen molar-refractivity contribution >= 4 is 28.2 Å². The maximum Gasteiger partial charge on any atom is 0.225 e. The lowest BCUT2D eigenvalue weighted by Crippen LogP contribution is -2.49. The molecule has 2 aliphatic rings. The molecule has 0 spiro atoms. The first-order valence-corrected chi connectivity index (χ1v) is 11.7. The van der Waals surface area contributed by atoms with E-state index in [-0.39, 0.29) is 18.1 Å². The number of aryl methyl sites for hydroxylation is 1. The fraction of sp³-hybridized carbons (Fsp3) is 0.423. The number of hydrogen-bond donors (Lipinski definition) is 2. The zero-order valence-corrected chi connectivity index (χ0v) is 19.4. The van der Waals surface area contributed by atoms with E-state index in [9.17, 15) is 15.0 Å². The molecule has 7 nitrogen and oxygen atoms in total. The Labute approximate surface area is 194 Å². The Morgan fingerprint density at radius 1 is 1.18 bits per heavy atom. The van der Waals surface area contributed by atoms with E-state index in [2.05, 4.69) is 11.0 Å². The number of nitrogens with zero attached hydrogens (tertiary/aromatic N) is 4. The van der Waals surface area contributed by atoms with Crippen molar-refractivity contribution in [3.8, 4) is 0 Å².